The number of para-hydroxylation sites is 2. The second-order valence-electron chi connectivity index (χ2n) is 4.03. The van der Waals surface area contributed by atoms with E-state index < -0.39 is 0 Å². The molecule has 0 spiro atoms. The first-order valence-corrected chi connectivity index (χ1v) is 5.84. The lowest BCUT2D eigenvalue weighted by molar-refractivity contribution is -0.104. The van der Waals surface area contributed by atoms with E-state index in [1.807, 2.05) is 71.8 Å². The summed E-state index contributed by atoms with van der Waals surface area (Å²) in [6, 6.07) is 19.9. The number of hydrogen-bond acceptors (Lipinski definition) is 2. The quantitative estimate of drug-likeness (QED) is 0.461. The van der Waals surface area contributed by atoms with Crippen molar-refractivity contribution in [3.8, 4) is 0 Å². The van der Waals surface area contributed by atoms with Crippen molar-refractivity contribution in [2.75, 3.05) is 4.90 Å². The summed E-state index contributed by atoms with van der Waals surface area (Å²) in [6.45, 7) is 0. The molecule has 2 aromatic carbocycles. The second-order valence-corrected chi connectivity index (χ2v) is 4.03. The van der Waals surface area contributed by atoms with Crippen LogP contribution < -0.4 is 4.90 Å². The average molecular weight is 235 g/mol. The van der Waals surface area contributed by atoms with Crippen molar-refractivity contribution in [1.29, 1.82) is 0 Å². The summed E-state index contributed by atoms with van der Waals surface area (Å²) >= 11 is 0. The highest BCUT2D eigenvalue weighted by molar-refractivity contribution is 6.32. The number of hydrogen-bond donors (Lipinski definition) is 0. The third-order valence-electron chi connectivity index (χ3n) is 2.59. The van der Waals surface area contributed by atoms with Crippen molar-refractivity contribution < 1.29 is 4.79 Å². The average Bonchev–Trinajstić information content (AvgIpc) is 2.46. The molecule has 0 atom stereocenters. The number of rotatable bonds is 4. The zero-order valence-electron chi connectivity index (χ0n) is 10.3. The minimum atomic E-state index is 0.683. The van der Waals surface area contributed by atoms with Gasteiger partial charge in [-0.3, -0.25) is 4.79 Å². The fourth-order valence-electron chi connectivity index (χ4n) is 1.71. The lowest BCUT2D eigenvalue weighted by atomic mass is 9.98. The number of allylic oxidation sites excluding steroid dienone is 1. The zero-order chi connectivity index (χ0) is 12.8. The normalized spacial score (nSPS) is 11.0. The molecule has 0 saturated carbocycles. The predicted octanol–water partition coefficient (Wildman–Crippen LogP) is 2.50. The van der Waals surface area contributed by atoms with Gasteiger partial charge in [0, 0.05) is 17.6 Å². The summed E-state index contributed by atoms with van der Waals surface area (Å²) in [5, 5.41) is 0. The maximum atomic E-state index is 10.8. The summed E-state index contributed by atoms with van der Waals surface area (Å²) in [7, 11) is 1.80. The van der Waals surface area contributed by atoms with Crippen LogP contribution in [0.2, 0.25) is 0 Å². The van der Waals surface area contributed by atoms with E-state index in [9.17, 15) is 4.79 Å². The van der Waals surface area contributed by atoms with Gasteiger partial charge in [0.15, 0.2) is 0 Å². The van der Waals surface area contributed by atoms with E-state index in [0.717, 1.165) is 17.7 Å². The minimum absolute atomic E-state index is 0.683. The van der Waals surface area contributed by atoms with Crippen LogP contribution in [0.4, 0.5) is 11.4 Å². The number of aldehydes is 1. The van der Waals surface area contributed by atoms with E-state index in [0.29, 0.717) is 5.47 Å². The van der Waals surface area contributed by atoms with E-state index in [2.05, 4.69) is 0 Å². The summed E-state index contributed by atoms with van der Waals surface area (Å²) in [6.07, 6.45) is 2.70. The largest absolute Gasteiger partial charge is 0.318 e. The maximum Gasteiger partial charge on any atom is 0.145 e. The number of carbonyl (C=O) groups is 1. The van der Waals surface area contributed by atoms with E-state index in [1.54, 1.807) is 7.85 Å². The summed E-state index contributed by atoms with van der Waals surface area (Å²) in [5.74, 6) is 0. The molecular weight excluding hydrogens is 221 g/mol. The van der Waals surface area contributed by atoms with Crippen LogP contribution in [0.15, 0.2) is 72.3 Å². The predicted molar refractivity (Wildman–Crippen MR) is 77.7 cm³/mol. The number of nitrogens with zero attached hydrogens (tertiary/aromatic N) is 1. The molecular formula is C15H14BNO. The molecule has 0 unspecified atom stereocenters. The van der Waals surface area contributed by atoms with Crippen molar-refractivity contribution in [2.24, 2.45) is 0 Å². The Morgan fingerprint density at radius 2 is 1.33 bits per heavy atom. The molecule has 0 radical (unpaired) electrons. The van der Waals surface area contributed by atoms with Gasteiger partial charge in [-0.25, -0.2) is 0 Å². The van der Waals surface area contributed by atoms with Crippen LogP contribution in [0.3, 0.4) is 0 Å². The molecule has 2 nitrogen and oxygen atoms in total. The Bertz CT molecular complexity index is 497. The summed E-state index contributed by atoms with van der Waals surface area (Å²) in [5.41, 5.74) is 2.75. The van der Waals surface area contributed by atoms with E-state index in [4.69, 9.17) is 0 Å². The monoisotopic (exact) mass is 235 g/mol. The number of anilines is 2. The highest BCUT2D eigenvalue weighted by atomic mass is 16.1. The first-order chi connectivity index (χ1) is 8.81. The topological polar surface area (TPSA) is 20.3 Å². The van der Waals surface area contributed by atoms with E-state index >= 15 is 0 Å². The third-order valence-corrected chi connectivity index (χ3v) is 2.59. The van der Waals surface area contributed by atoms with Crippen molar-refractivity contribution in [2.45, 2.75) is 0 Å². The Morgan fingerprint density at radius 1 is 0.889 bits per heavy atom. The maximum absolute atomic E-state index is 10.8. The van der Waals surface area contributed by atoms with Crippen LogP contribution in [0.25, 0.3) is 0 Å². The van der Waals surface area contributed by atoms with Crippen LogP contribution >= 0.6 is 0 Å². The van der Waals surface area contributed by atoms with E-state index in [1.165, 1.54) is 0 Å². The van der Waals surface area contributed by atoms with Gasteiger partial charge in [0.2, 0.25) is 0 Å². The van der Waals surface area contributed by atoms with Gasteiger partial charge in [-0.15, -0.1) is 0 Å². The lowest BCUT2D eigenvalue weighted by Gasteiger charge is -2.21. The Labute approximate surface area is 108 Å². The minimum Gasteiger partial charge on any atom is -0.318 e. The molecule has 0 aliphatic rings. The second kappa shape index (κ2) is 5.87. The first-order valence-electron chi connectivity index (χ1n) is 5.84. The molecule has 18 heavy (non-hydrogen) atoms. The van der Waals surface area contributed by atoms with Gasteiger partial charge in [0.25, 0.3) is 0 Å². The van der Waals surface area contributed by atoms with Crippen LogP contribution in [0.1, 0.15) is 0 Å². The van der Waals surface area contributed by atoms with Gasteiger partial charge < -0.3 is 4.90 Å². The highest BCUT2D eigenvalue weighted by Crippen LogP contribution is 2.25. The standard InChI is InChI=1S/C15H14BNO/c16-13(12-18)11-17(14-7-3-1-4-8-14)15-9-5-2-6-10-15/h1-12H,16H2/b13-11-. The molecule has 0 aliphatic heterocycles. The molecule has 0 heterocycles. The highest BCUT2D eigenvalue weighted by Gasteiger charge is 2.05. The molecule has 0 fully saturated rings. The fraction of sp³-hybridized carbons (Fsp3) is 0. The van der Waals surface area contributed by atoms with Gasteiger partial charge in [-0.1, -0.05) is 36.4 Å². The van der Waals surface area contributed by atoms with Crippen molar-refractivity contribution in [3.63, 3.8) is 0 Å². The summed E-state index contributed by atoms with van der Waals surface area (Å²) < 4.78 is 0. The fourth-order valence-corrected chi connectivity index (χ4v) is 1.71. The van der Waals surface area contributed by atoms with Crippen molar-refractivity contribution >= 4 is 25.5 Å². The number of carbonyl (C=O) groups excluding carboxylic acids is 1. The Kier molecular flexibility index (Phi) is 3.97. The van der Waals surface area contributed by atoms with Crippen molar-refractivity contribution in [1.82, 2.24) is 0 Å². The number of benzene rings is 2. The molecule has 88 valence electrons. The van der Waals surface area contributed by atoms with Crippen LogP contribution in [0.5, 0.6) is 0 Å². The molecule has 0 N–H and O–H groups in total. The van der Waals surface area contributed by atoms with Crippen LogP contribution in [-0.4, -0.2) is 14.1 Å². The van der Waals surface area contributed by atoms with Gasteiger partial charge in [0.1, 0.15) is 14.1 Å². The molecule has 2 rings (SSSR count). The first kappa shape index (κ1) is 12.2. The van der Waals surface area contributed by atoms with Crippen molar-refractivity contribution in [3.05, 3.63) is 72.3 Å². The molecule has 0 saturated heterocycles. The van der Waals surface area contributed by atoms with Gasteiger partial charge in [-0.05, 0) is 29.7 Å². The molecule has 0 aliphatic carbocycles. The Morgan fingerprint density at radius 3 is 1.72 bits per heavy atom. The van der Waals surface area contributed by atoms with Gasteiger partial charge >= 0.3 is 0 Å². The molecule has 3 heteroatoms. The molecule has 0 bridgehead atoms. The lowest BCUT2D eigenvalue weighted by Crippen LogP contribution is -2.10. The SMILES string of the molecule is B/C(C=O)=C\N(c1ccccc1)c1ccccc1. The summed E-state index contributed by atoms with van der Waals surface area (Å²) in [4.78, 5) is 12.8. The third kappa shape index (κ3) is 2.89. The van der Waals surface area contributed by atoms with E-state index in [-0.39, 0.29) is 0 Å². The molecule has 0 amide bonds. The zero-order valence-corrected chi connectivity index (χ0v) is 10.3. The Hall–Kier alpha value is -2.29. The smallest absolute Gasteiger partial charge is 0.145 e. The van der Waals surface area contributed by atoms with Crippen LogP contribution in [0, 0.1) is 0 Å². The van der Waals surface area contributed by atoms with Gasteiger partial charge in [-0.2, -0.15) is 0 Å². The molecule has 0 aromatic heterocycles. The Balaban J connectivity index is 2.45. The van der Waals surface area contributed by atoms with Crippen LogP contribution in [-0.2, 0) is 4.79 Å². The molecule has 2 aromatic rings. The van der Waals surface area contributed by atoms with Gasteiger partial charge in [0.05, 0.1) is 0 Å².